The molecule has 3 N–H and O–H groups in total. The zero-order valence-electron chi connectivity index (χ0n) is 11.4. The van der Waals surface area contributed by atoms with Gasteiger partial charge in [-0.05, 0) is 19.1 Å². The van der Waals surface area contributed by atoms with Crippen LogP contribution in [0.4, 0.5) is 5.69 Å². The number of amides is 2. The zero-order valence-corrected chi connectivity index (χ0v) is 11.4. The second-order valence-corrected chi connectivity index (χ2v) is 4.51. The number of hydrogen-bond acceptors (Lipinski definition) is 4. The first-order chi connectivity index (χ1) is 9.69. The molecular weight excluding hydrogens is 258 g/mol. The summed E-state index contributed by atoms with van der Waals surface area (Å²) in [6, 6.07) is 6.73. The SMILES string of the molecule is CCOc1cccc(NC(=O)CC2NCCNC2=O)c1. The average molecular weight is 277 g/mol. The molecule has 1 aromatic rings. The minimum absolute atomic E-state index is 0.116. The van der Waals surface area contributed by atoms with E-state index in [1.807, 2.05) is 19.1 Å². The van der Waals surface area contributed by atoms with Gasteiger partial charge >= 0.3 is 0 Å². The molecule has 0 saturated carbocycles. The van der Waals surface area contributed by atoms with Crippen molar-refractivity contribution in [3.05, 3.63) is 24.3 Å². The predicted octanol–water partition coefficient (Wildman–Crippen LogP) is 0.502. The van der Waals surface area contributed by atoms with E-state index in [0.717, 1.165) is 0 Å². The van der Waals surface area contributed by atoms with Crippen molar-refractivity contribution >= 4 is 17.5 Å². The van der Waals surface area contributed by atoms with Crippen molar-refractivity contribution in [1.29, 1.82) is 0 Å². The normalized spacial score (nSPS) is 18.2. The molecule has 2 amide bonds. The minimum atomic E-state index is -0.459. The first-order valence-corrected chi connectivity index (χ1v) is 6.73. The summed E-state index contributed by atoms with van der Waals surface area (Å²) in [7, 11) is 0. The van der Waals surface area contributed by atoms with Crippen molar-refractivity contribution < 1.29 is 14.3 Å². The summed E-state index contributed by atoms with van der Waals surface area (Å²) >= 11 is 0. The Morgan fingerprint density at radius 1 is 1.45 bits per heavy atom. The standard InChI is InChI=1S/C14H19N3O3/c1-2-20-11-5-3-4-10(8-11)17-13(18)9-12-14(19)16-7-6-15-12/h3-5,8,12,15H,2,6-7,9H2,1H3,(H,16,19)(H,17,18). The summed E-state index contributed by atoms with van der Waals surface area (Å²) in [6.07, 6.45) is 0.116. The van der Waals surface area contributed by atoms with Crippen molar-refractivity contribution in [1.82, 2.24) is 10.6 Å². The van der Waals surface area contributed by atoms with Crippen LogP contribution in [0.1, 0.15) is 13.3 Å². The van der Waals surface area contributed by atoms with Crippen LogP contribution in [0.15, 0.2) is 24.3 Å². The van der Waals surface area contributed by atoms with Crippen LogP contribution in [-0.2, 0) is 9.59 Å². The quantitative estimate of drug-likeness (QED) is 0.732. The van der Waals surface area contributed by atoms with E-state index in [4.69, 9.17) is 4.74 Å². The monoisotopic (exact) mass is 277 g/mol. The number of ether oxygens (including phenoxy) is 1. The number of benzene rings is 1. The molecule has 0 bridgehead atoms. The summed E-state index contributed by atoms with van der Waals surface area (Å²) in [5, 5.41) is 8.52. The maximum atomic E-state index is 11.9. The fraction of sp³-hybridized carbons (Fsp3) is 0.429. The van der Waals surface area contributed by atoms with Crippen molar-refractivity contribution in [3.63, 3.8) is 0 Å². The van der Waals surface area contributed by atoms with Gasteiger partial charge in [0.15, 0.2) is 0 Å². The van der Waals surface area contributed by atoms with Crippen LogP contribution in [0.2, 0.25) is 0 Å². The Hall–Kier alpha value is -2.08. The van der Waals surface area contributed by atoms with E-state index in [9.17, 15) is 9.59 Å². The third-order valence-electron chi connectivity index (χ3n) is 2.95. The Labute approximate surface area is 117 Å². The van der Waals surface area contributed by atoms with E-state index in [1.165, 1.54) is 0 Å². The van der Waals surface area contributed by atoms with E-state index in [1.54, 1.807) is 12.1 Å². The fourth-order valence-electron chi connectivity index (χ4n) is 2.04. The molecule has 20 heavy (non-hydrogen) atoms. The summed E-state index contributed by atoms with van der Waals surface area (Å²) in [5.41, 5.74) is 0.664. The highest BCUT2D eigenvalue weighted by Crippen LogP contribution is 2.17. The molecule has 1 aliphatic heterocycles. The maximum absolute atomic E-state index is 11.9. The van der Waals surface area contributed by atoms with Gasteiger partial charge in [0.25, 0.3) is 0 Å². The van der Waals surface area contributed by atoms with E-state index in [0.29, 0.717) is 31.1 Å². The molecule has 1 unspecified atom stereocenters. The van der Waals surface area contributed by atoms with Crippen LogP contribution in [0, 0.1) is 0 Å². The fourth-order valence-corrected chi connectivity index (χ4v) is 2.04. The number of nitrogens with one attached hydrogen (secondary N) is 3. The molecule has 1 fully saturated rings. The number of rotatable bonds is 5. The van der Waals surface area contributed by atoms with Crippen molar-refractivity contribution in [2.24, 2.45) is 0 Å². The molecule has 6 heteroatoms. The van der Waals surface area contributed by atoms with Crippen molar-refractivity contribution in [2.45, 2.75) is 19.4 Å². The average Bonchev–Trinajstić information content (AvgIpc) is 2.42. The highest BCUT2D eigenvalue weighted by Gasteiger charge is 2.23. The smallest absolute Gasteiger partial charge is 0.237 e. The number of carbonyl (C=O) groups is 2. The second kappa shape index (κ2) is 6.91. The van der Waals surface area contributed by atoms with E-state index in [2.05, 4.69) is 16.0 Å². The highest BCUT2D eigenvalue weighted by molar-refractivity contribution is 5.95. The Morgan fingerprint density at radius 3 is 3.05 bits per heavy atom. The number of anilines is 1. The second-order valence-electron chi connectivity index (χ2n) is 4.51. The third-order valence-corrected chi connectivity index (χ3v) is 2.95. The third kappa shape index (κ3) is 3.96. The molecule has 0 aliphatic carbocycles. The molecule has 1 saturated heterocycles. The zero-order chi connectivity index (χ0) is 14.4. The molecule has 6 nitrogen and oxygen atoms in total. The summed E-state index contributed by atoms with van der Waals surface area (Å²) in [6.45, 7) is 3.76. The predicted molar refractivity (Wildman–Crippen MR) is 75.7 cm³/mol. The minimum Gasteiger partial charge on any atom is -0.494 e. The van der Waals surface area contributed by atoms with Crippen molar-refractivity contribution in [2.75, 3.05) is 25.0 Å². The molecule has 1 aromatic carbocycles. The van der Waals surface area contributed by atoms with Crippen molar-refractivity contribution in [3.8, 4) is 5.75 Å². The van der Waals surface area contributed by atoms with Crippen LogP contribution in [0.3, 0.4) is 0 Å². The Bertz CT molecular complexity index is 490. The Morgan fingerprint density at radius 2 is 2.30 bits per heavy atom. The lowest BCUT2D eigenvalue weighted by molar-refractivity contribution is -0.127. The first kappa shape index (κ1) is 14.3. The number of carbonyl (C=O) groups excluding carboxylic acids is 2. The summed E-state index contributed by atoms with van der Waals surface area (Å²) in [5.74, 6) is 0.376. The molecule has 0 aromatic heterocycles. The molecule has 0 radical (unpaired) electrons. The molecule has 108 valence electrons. The van der Waals surface area contributed by atoms with Gasteiger partial charge in [-0.2, -0.15) is 0 Å². The maximum Gasteiger partial charge on any atom is 0.237 e. The lowest BCUT2D eigenvalue weighted by Crippen LogP contribution is -2.53. The van der Waals surface area contributed by atoms with Gasteiger partial charge in [0.1, 0.15) is 5.75 Å². The topological polar surface area (TPSA) is 79.5 Å². The molecule has 1 heterocycles. The molecule has 2 rings (SSSR count). The van der Waals surface area contributed by atoms with Gasteiger partial charge in [-0.1, -0.05) is 6.07 Å². The van der Waals surface area contributed by atoms with Crippen LogP contribution >= 0.6 is 0 Å². The molecule has 0 spiro atoms. The Kier molecular flexibility index (Phi) is 4.95. The Balaban J connectivity index is 1.90. The molecular formula is C14H19N3O3. The van der Waals surface area contributed by atoms with Crippen LogP contribution in [0.25, 0.3) is 0 Å². The van der Waals surface area contributed by atoms with Gasteiger partial charge in [-0.3, -0.25) is 9.59 Å². The van der Waals surface area contributed by atoms with Gasteiger partial charge in [-0.15, -0.1) is 0 Å². The highest BCUT2D eigenvalue weighted by atomic mass is 16.5. The van der Waals surface area contributed by atoms with E-state index < -0.39 is 6.04 Å². The number of hydrogen-bond donors (Lipinski definition) is 3. The largest absolute Gasteiger partial charge is 0.494 e. The van der Waals surface area contributed by atoms with Gasteiger partial charge in [-0.25, -0.2) is 0 Å². The van der Waals surface area contributed by atoms with Crippen LogP contribution < -0.4 is 20.7 Å². The molecule has 1 atom stereocenters. The molecule has 1 aliphatic rings. The van der Waals surface area contributed by atoms with Crippen LogP contribution in [-0.4, -0.2) is 37.6 Å². The lowest BCUT2D eigenvalue weighted by Gasteiger charge is -2.22. The van der Waals surface area contributed by atoms with Gasteiger partial charge in [0, 0.05) is 24.8 Å². The van der Waals surface area contributed by atoms with E-state index >= 15 is 0 Å². The summed E-state index contributed by atoms with van der Waals surface area (Å²) < 4.78 is 5.37. The van der Waals surface area contributed by atoms with Gasteiger partial charge < -0.3 is 20.7 Å². The first-order valence-electron chi connectivity index (χ1n) is 6.73. The van der Waals surface area contributed by atoms with Gasteiger partial charge in [0.2, 0.25) is 11.8 Å². The van der Waals surface area contributed by atoms with Gasteiger partial charge in [0.05, 0.1) is 19.1 Å². The van der Waals surface area contributed by atoms with E-state index in [-0.39, 0.29) is 18.2 Å². The number of piperazine rings is 1. The van der Waals surface area contributed by atoms with Crippen LogP contribution in [0.5, 0.6) is 5.75 Å². The summed E-state index contributed by atoms with van der Waals surface area (Å²) in [4.78, 5) is 23.5. The lowest BCUT2D eigenvalue weighted by atomic mass is 10.1.